The lowest BCUT2D eigenvalue weighted by atomic mass is 9.90. The summed E-state index contributed by atoms with van der Waals surface area (Å²) in [6, 6.07) is 0. The maximum absolute atomic E-state index is 3.21. The average molecular weight is 161 g/mol. The number of thioether (sulfide) groups is 1. The van der Waals surface area contributed by atoms with Gasteiger partial charge in [0.05, 0.1) is 0 Å². The predicted octanol–water partition coefficient (Wildman–Crippen LogP) is 1.99. The first-order valence-electron chi connectivity index (χ1n) is 3.76. The van der Waals surface area contributed by atoms with Gasteiger partial charge in [0.15, 0.2) is 0 Å². The van der Waals surface area contributed by atoms with Crippen molar-refractivity contribution in [3.05, 3.63) is 0 Å². The Kier molecular flexibility index (Phi) is 5.18. The Labute approximate surface area is 69.0 Å². The van der Waals surface area contributed by atoms with Gasteiger partial charge in [0.25, 0.3) is 0 Å². The van der Waals surface area contributed by atoms with Crippen molar-refractivity contribution in [2.75, 3.05) is 25.6 Å². The first kappa shape index (κ1) is 10.3. The molecule has 0 aliphatic heterocycles. The van der Waals surface area contributed by atoms with Crippen LogP contribution in [0.2, 0.25) is 0 Å². The van der Waals surface area contributed by atoms with Gasteiger partial charge in [-0.15, -0.1) is 0 Å². The molecule has 0 aliphatic carbocycles. The fourth-order valence-electron chi connectivity index (χ4n) is 0.945. The number of hydrogen-bond acceptors (Lipinski definition) is 2. The van der Waals surface area contributed by atoms with Crippen LogP contribution in [0.5, 0.6) is 0 Å². The smallest absolute Gasteiger partial charge is 0.0000191 e. The molecule has 0 aromatic carbocycles. The van der Waals surface area contributed by atoms with Crippen LogP contribution in [0.4, 0.5) is 0 Å². The van der Waals surface area contributed by atoms with Crippen molar-refractivity contribution < 1.29 is 0 Å². The molecule has 0 radical (unpaired) electrons. The van der Waals surface area contributed by atoms with Crippen LogP contribution in [-0.4, -0.2) is 25.6 Å². The first-order valence-corrected chi connectivity index (χ1v) is 5.15. The molecule has 0 atom stereocenters. The molecule has 62 valence electrons. The molecule has 0 saturated carbocycles. The number of rotatable bonds is 5. The molecule has 0 aliphatic rings. The topological polar surface area (TPSA) is 12.0 Å². The molecule has 2 heteroatoms. The Morgan fingerprint density at radius 1 is 1.40 bits per heavy atom. The Morgan fingerprint density at radius 2 is 2.00 bits per heavy atom. The van der Waals surface area contributed by atoms with Gasteiger partial charge in [-0.1, -0.05) is 13.8 Å². The second-order valence-electron chi connectivity index (χ2n) is 3.44. The van der Waals surface area contributed by atoms with Gasteiger partial charge in [0.2, 0.25) is 0 Å². The number of nitrogens with one attached hydrogen (secondary N) is 1. The van der Waals surface area contributed by atoms with Crippen molar-refractivity contribution in [1.29, 1.82) is 0 Å². The maximum atomic E-state index is 3.21. The molecule has 0 bridgehead atoms. The normalized spacial score (nSPS) is 12.0. The SMILES string of the molecule is CNCC(C)(C)CCSC. The van der Waals surface area contributed by atoms with E-state index in [9.17, 15) is 0 Å². The summed E-state index contributed by atoms with van der Waals surface area (Å²) >= 11 is 1.93. The molecule has 0 spiro atoms. The van der Waals surface area contributed by atoms with Gasteiger partial charge in [0.1, 0.15) is 0 Å². The molecule has 0 fully saturated rings. The summed E-state index contributed by atoms with van der Waals surface area (Å²) in [6.07, 6.45) is 3.46. The lowest BCUT2D eigenvalue weighted by molar-refractivity contribution is 0.342. The molecule has 1 N–H and O–H groups in total. The van der Waals surface area contributed by atoms with E-state index in [0.29, 0.717) is 5.41 Å². The molecule has 0 aromatic heterocycles. The van der Waals surface area contributed by atoms with E-state index < -0.39 is 0 Å². The number of hydrogen-bond donors (Lipinski definition) is 1. The molecule has 0 rings (SSSR count). The summed E-state index contributed by atoms with van der Waals surface area (Å²) < 4.78 is 0. The molecular formula is C8H19NS. The Bertz CT molecular complexity index is 81.3. The summed E-state index contributed by atoms with van der Waals surface area (Å²) in [5.74, 6) is 1.27. The van der Waals surface area contributed by atoms with Crippen LogP contribution in [0.1, 0.15) is 20.3 Å². The lowest BCUT2D eigenvalue weighted by Crippen LogP contribution is -2.27. The highest BCUT2D eigenvalue weighted by Gasteiger charge is 2.14. The van der Waals surface area contributed by atoms with Crippen LogP contribution in [0, 0.1) is 5.41 Å². The molecular weight excluding hydrogens is 142 g/mol. The monoisotopic (exact) mass is 161 g/mol. The van der Waals surface area contributed by atoms with Gasteiger partial charge >= 0.3 is 0 Å². The van der Waals surface area contributed by atoms with Crippen molar-refractivity contribution in [2.45, 2.75) is 20.3 Å². The van der Waals surface area contributed by atoms with Crippen molar-refractivity contribution in [1.82, 2.24) is 5.32 Å². The van der Waals surface area contributed by atoms with Gasteiger partial charge in [-0.25, -0.2) is 0 Å². The zero-order valence-electron chi connectivity index (χ0n) is 7.53. The second kappa shape index (κ2) is 5.03. The molecule has 1 nitrogen and oxygen atoms in total. The van der Waals surface area contributed by atoms with Gasteiger partial charge in [-0.05, 0) is 37.4 Å². The zero-order chi connectivity index (χ0) is 8.04. The van der Waals surface area contributed by atoms with Crippen LogP contribution in [0.15, 0.2) is 0 Å². The third-order valence-electron chi connectivity index (χ3n) is 1.64. The minimum atomic E-state index is 0.470. The van der Waals surface area contributed by atoms with Crippen LogP contribution in [0.25, 0.3) is 0 Å². The van der Waals surface area contributed by atoms with Crippen molar-refractivity contribution >= 4 is 11.8 Å². The van der Waals surface area contributed by atoms with E-state index in [4.69, 9.17) is 0 Å². The highest BCUT2D eigenvalue weighted by molar-refractivity contribution is 7.98. The minimum absolute atomic E-state index is 0.470. The van der Waals surface area contributed by atoms with Gasteiger partial charge in [-0.3, -0.25) is 0 Å². The molecule has 0 aromatic rings. The Hall–Kier alpha value is 0.310. The molecule has 0 saturated heterocycles. The molecule has 0 amide bonds. The third-order valence-corrected chi connectivity index (χ3v) is 2.25. The summed E-state index contributed by atoms with van der Waals surface area (Å²) in [7, 11) is 2.01. The quantitative estimate of drug-likeness (QED) is 0.662. The maximum Gasteiger partial charge on any atom is -0.0000191 e. The highest BCUT2D eigenvalue weighted by atomic mass is 32.2. The van der Waals surface area contributed by atoms with E-state index >= 15 is 0 Å². The van der Waals surface area contributed by atoms with Gasteiger partial charge < -0.3 is 5.32 Å². The Balaban J connectivity index is 3.42. The van der Waals surface area contributed by atoms with E-state index in [1.165, 1.54) is 12.2 Å². The predicted molar refractivity (Wildman–Crippen MR) is 50.7 cm³/mol. The lowest BCUT2D eigenvalue weighted by Gasteiger charge is -2.23. The fraction of sp³-hybridized carbons (Fsp3) is 1.00. The largest absolute Gasteiger partial charge is 0.319 e. The summed E-state index contributed by atoms with van der Waals surface area (Å²) in [4.78, 5) is 0. The van der Waals surface area contributed by atoms with E-state index in [1.807, 2.05) is 18.8 Å². The van der Waals surface area contributed by atoms with Crippen LogP contribution < -0.4 is 5.32 Å². The molecule has 0 heterocycles. The van der Waals surface area contributed by atoms with Crippen LogP contribution in [-0.2, 0) is 0 Å². The molecule has 10 heavy (non-hydrogen) atoms. The van der Waals surface area contributed by atoms with Crippen LogP contribution in [0.3, 0.4) is 0 Å². The second-order valence-corrected chi connectivity index (χ2v) is 4.42. The zero-order valence-corrected chi connectivity index (χ0v) is 8.35. The summed E-state index contributed by atoms with van der Waals surface area (Å²) in [5.41, 5.74) is 0.470. The van der Waals surface area contributed by atoms with E-state index in [1.54, 1.807) is 0 Å². The van der Waals surface area contributed by atoms with Crippen molar-refractivity contribution in [3.63, 3.8) is 0 Å². The van der Waals surface area contributed by atoms with Crippen LogP contribution >= 0.6 is 11.8 Å². The first-order chi connectivity index (χ1) is 4.62. The highest BCUT2D eigenvalue weighted by Crippen LogP contribution is 2.20. The Morgan fingerprint density at radius 3 is 2.40 bits per heavy atom. The standard InChI is InChI=1S/C8H19NS/c1-8(2,7-9-3)5-6-10-4/h9H,5-7H2,1-4H3. The van der Waals surface area contributed by atoms with Gasteiger partial charge in [0, 0.05) is 0 Å². The third kappa shape index (κ3) is 5.12. The van der Waals surface area contributed by atoms with E-state index in [0.717, 1.165) is 6.54 Å². The average Bonchev–Trinajstić information content (AvgIpc) is 1.84. The van der Waals surface area contributed by atoms with E-state index in [2.05, 4.69) is 25.4 Å². The summed E-state index contributed by atoms with van der Waals surface area (Å²) in [5, 5.41) is 3.21. The van der Waals surface area contributed by atoms with E-state index in [-0.39, 0.29) is 0 Å². The van der Waals surface area contributed by atoms with Gasteiger partial charge in [-0.2, -0.15) is 11.8 Å². The fourth-order valence-corrected chi connectivity index (χ4v) is 1.70. The minimum Gasteiger partial charge on any atom is -0.319 e. The van der Waals surface area contributed by atoms with Crippen molar-refractivity contribution in [3.8, 4) is 0 Å². The van der Waals surface area contributed by atoms with Crippen molar-refractivity contribution in [2.24, 2.45) is 5.41 Å². The molecule has 0 unspecified atom stereocenters. The summed E-state index contributed by atoms with van der Waals surface area (Å²) in [6.45, 7) is 5.73.